The highest BCUT2D eigenvalue weighted by atomic mass is 127. The zero-order valence-electron chi connectivity index (χ0n) is 2.37. The quantitative estimate of drug-likeness (QED) is 0.333. The van der Waals surface area contributed by atoms with Crippen LogP contribution in [0.1, 0.15) is 7.43 Å². The average molecular weight is 184 g/mol. The summed E-state index contributed by atoms with van der Waals surface area (Å²) in [5, 5.41) is 0. The van der Waals surface area contributed by atoms with Crippen LogP contribution in [-0.2, 0) is 0 Å². The molecule has 0 radical (unpaired) electrons. The second kappa shape index (κ2) is 8.82. The number of rotatable bonds is 1. The van der Waals surface area contributed by atoms with Crippen LogP contribution in [0.25, 0.3) is 0 Å². The lowest BCUT2D eigenvalue weighted by molar-refractivity contribution is 1.90. The Balaban J connectivity index is 0. The van der Waals surface area contributed by atoms with Crippen LogP contribution in [0.2, 0.25) is 0 Å². The van der Waals surface area contributed by atoms with E-state index < -0.39 is 0 Å². The standard InChI is InChI=1S/C3H5I.CH4/c1-2-3-4;/h2H,1,3H2;1H4. The minimum absolute atomic E-state index is 0. The number of alkyl halides is 1. The summed E-state index contributed by atoms with van der Waals surface area (Å²) in [7, 11) is 0. The van der Waals surface area contributed by atoms with Crippen LogP contribution in [0.4, 0.5) is 0 Å². The van der Waals surface area contributed by atoms with Crippen LogP contribution in [0, 0.1) is 0 Å². The minimum atomic E-state index is 0. The first-order valence-corrected chi connectivity index (χ1v) is 2.61. The highest BCUT2D eigenvalue weighted by Gasteiger charge is 1.47. The smallest absolute Gasteiger partial charge is 0.0173 e. The molecule has 0 aromatic carbocycles. The summed E-state index contributed by atoms with van der Waals surface area (Å²) in [6.45, 7) is 3.47. The van der Waals surface area contributed by atoms with E-state index in [4.69, 9.17) is 0 Å². The Labute approximate surface area is 47.4 Å². The topological polar surface area (TPSA) is 0 Å². The lowest BCUT2D eigenvalue weighted by Gasteiger charge is -1.55. The van der Waals surface area contributed by atoms with Gasteiger partial charge in [-0.1, -0.05) is 36.1 Å². The van der Waals surface area contributed by atoms with Crippen LogP contribution in [0.3, 0.4) is 0 Å². The predicted molar refractivity (Wildman–Crippen MR) is 35.8 cm³/mol. The van der Waals surface area contributed by atoms with Crippen molar-refractivity contribution in [1.82, 2.24) is 0 Å². The van der Waals surface area contributed by atoms with Gasteiger partial charge in [-0.3, -0.25) is 0 Å². The molecule has 5 heavy (non-hydrogen) atoms. The monoisotopic (exact) mass is 184 g/mol. The van der Waals surface area contributed by atoms with Gasteiger partial charge in [-0.05, 0) is 0 Å². The molecular formula is C4H9I. The molecule has 0 aromatic heterocycles. The molecule has 32 valence electrons. The third-order valence-corrected chi connectivity index (χ3v) is 0.732. The molecule has 0 spiro atoms. The summed E-state index contributed by atoms with van der Waals surface area (Å²) in [6.07, 6.45) is 1.86. The molecule has 0 rings (SSSR count). The van der Waals surface area contributed by atoms with Gasteiger partial charge < -0.3 is 0 Å². The first kappa shape index (κ1) is 9.08. The summed E-state index contributed by atoms with van der Waals surface area (Å²) in [4.78, 5) is 0. The van der Waals surface area contributed by atoms with E-state index in [1.165, 1.54) is 0 Å². The van der Waals surface area contributed by atoms with Gasteiger partial charge in [0.1, 0.15) is 0 Å². The first-order chi connectivity index (χ1) is 1.91. The molecule has 0 aromatic rings. The largest absolute Gasteiger partial charge is 0.102 e. The molecule has 0 nitrogen and oxygen atoms in total. The molecule has 0 aliphatic carbocycles. The van der Waals surface area contributed by atoms with Crippen LogP contribution < -0.4 is 0 Å². The van der Waals surface area contributed by atoms with Crippen molar-refractivity contribution in [3.8, 4) is 0 Å². The summed E-state index contributed by atoms with van der Waals surface area (Å²) >= 11 is 2.23. The van der Waals surface area contributed by atoms with Gasteiger partial charge in [0.15, 0.2) is 0 Å². The molecule has 0 aliphatic heterocycles. The van der Waals surface area contributed by atoms with E-state index in [1.807, 2.05) is 6.08 Å². The minimum Gasteiger partial charge on any atom is -0.102 e. The Hall–Kier alpha value is 0.470. The number of hydrogen-bond donors (Lipinski definition) is 0. The lowest BCUT2D eigenvalue weighted by atomic mass is 10.8. The van der Waals surface area contributed by atoms with E-state index >= 15 is 0 Å². The van der Waals surface area contributed by atoms with Crippen molar-refractivity contribution in [1.29, 1.82) is 0 Å². The third kappa shape index (κ3) is 12.6. The molecule has 1 heteroatoms. The molecule has 0 aliphatic rings. The van der Waals surface area contributed by atoms with Gasteiger partial charge in [0, 0.05) is 4.43 Å². The zero-order valence-corrected chi connectivity index (χ0v) is 4.53. The van der Waals surface area contributed by atoms with E-state index in [9.17, 15) is 0 Å². The molecule has 0 fully saturated rings. The zero-order chi connectivity index (χ0) is 3.41. The number of halogens is 1. The fourth-order valence-electron chi connectivity index (χ4n) is 0. The molecule has 0 bridgehead atoms. The van der Waals surface area contributed by atoms with Crippen molar-refractivity contribution in [3.05, 3.63) is 12.7 Å². The maximum absolute atomic E-state index is 3.47. The van der Waals surface area contributed by atoms with E-state index in [-0.39, 0.29) is 7.43 Å². The van der Waals surface area contributed by atoms with E-state index in [0.717, 1.165) is 4.43 Å². The fourth-order valence-corrected chi connectivity index (χ4v) is 0. The fraction of sp³-hybridized carbons (Fsp3) is 0.500. The Bertz CT molecular complexity index is 17.6. The Kier molecular flexibility index (Phi) is 16.0. The summed E-state index contributed by atoms with van der Waals surface area (Å²) in [6, 6.07) is 0. The normalized spacial score (nSPS) is 5.00. The van der Waals surface area contributed by atoms with Crippen LogP contribution in [-0.4, -0.2) is 4.43 Å². The Morgan fingerprint density at radius 2 is 2.00 bits per heavy atom. The maximum Gasteiger partial charge on any atom is 0.0173 e. The van der Waals surface area contributed by atoms with Crippen molar-refractivity contribution >= 4 is 22.6 Å². The van der Waals surface area contributed by atoms with Crippen molar-refractivity contribution in [2.45, 2.75) is 7.43 Å². The van der Waals surface area contributed by atoms with Crippen molar-refractivity contribution < 1.29 is 0 Å². The second-order valence-corrected chi connectivity index (χ2v) is 1.32. The van der Waals surface area contributed by atoms with Gasteiger partial charge in [-0.25, -0.2) is 0 Å². The highest BCUT2D eigenvalue weighted by Crippen LogP contribution is 1.75. The van der Waals surface area contributed by atoms with E-state index in [1.54, 1.807) is 0 Å². The van der Waals surface area contributed by atoms with E-state index in [2.05, 4.69) is 29.2 Å². The second-order valence-electron chi connectivity index (χ2n) is 0.443. The summed E-state index contributed by atoms with van der Waals surface area (Å²) in [5.41, 5.74) is 0. The predicted octanol–water partition coefficient (Wildman–Crippen LogP) is 2.24. The summed E-state index contributed by atoms with van der Waals surface area (Å²) < 4.78 is 1.05. The van der Waals surface area contributed by atoms with Gasteiger partial charge in [-0.2, -0.15) is 0 Å². The summed E-state index contributed by atoms with van der Waals surface area (Å²) in [5.74, 6) is 0. The van der Waals surface area contributed by atoms with Gasteiger partial charge in [0.05, 0.1) is 0 Å². The lowest BCUT2D eigenvalue weighted by Crippen LogP contribution is -1.43. The van der Waals surface area contributed by atoms with Crippen molar-refractivity contribution in [2.24, 2.45) is 0 Å². The highest BCUT2D eigenvalue weighted by molar-refractivity contribution is 14.1. The van der Waals surface area contributed by atoms with Crippen molar-refractivity contribution in [2.75, 3.05) is 4.43 Å². The SMILES string of the molecule is C.C=CCI. The molecule has 0 unspecified atom stereocenters. The van der Waals surface area contributed by atoms with Gasteiger partial charge in [0.25, 0.3) is 0 Å². The van der Waals surface area contributed by atoms with Gasteiger partial charge in [-0.15, -0.1) is 6.58 Å². The average Bonchev–Trinajstić information content (AvgIpc) is 1.37. The molecule has 0 saturated heterocycles. The Morgan fingerprint density at radius 1 is 1.80 bits per heavy atom. The Morgan fingerprint density at radius 3 is 2.00 bits per heavy atom. The van der Waals surface area contributed by atoms with Crippen LogP contribution >= 0.6 is 22.6 Å². The molecular weight excluding hydrogens is 175 g/mol. The first-order valence-electron chi connectivity index (χ1n) is 1.08. The van der Waals surface area contributed by atoms with Crippen LogP contribution in [0.15, 0.2) is 12.7 Å². The molecule has 0 amide bonds. The molecule has 0 atom stereocenters. The van der Waals surface area contributed by atoms with Gasteiger partial charge >= 0.3 is 0 Å². The number of hydrogen-bond acceptors (Lipinski definition) is 0. The third-order valence-electron chi connectivity index (χ3n) is 0.109. The number of allylic oxidation sites excluding steroid dienone is 1. The molecule has 0 heterocycles. The van der Waals surface area contributed by atoms with Crippen LogP contribution in [0.5, 0.6) is 0 Å². The van der Waals surface area contributed by atoms with E-state index in [0.29, 0.717) is 0 Å². The van der Waals surface area contributed by atoms with Crippen molar-refractivity contribution in [3.63, 3.8) is 0 Å². The maximum atomic E-state index is 3.47. The molecule has 0 saturated carbocycles. The van der Waals surface area contributed by atoms with Gasteiger partial charge in [0.2, 0.25) is 0 Å². The molecule has 0 N–H and O–H groups in total.